The largest absolute Gasteiger partial charge is 0.480 e. The molecule has 1 atom stereocenters. The number of carboxylic acid groups (broad SMARTS) is 1. The number of nitrogens with zero attached hydrogens (tertiary/aromatic N) is 3. The number of rotatable bonds is 4. The molecule has 0 bridgehead atoms. The number of carboxylic acids is 1. The van der Waals surface area contributed by atoms with Crippen LogP contribution in [0.25, 0.3) is 0 Å². The van der Waals surface area contributed by atoms with E-state index in [4.69, 9.17) is 5.11 Å². The number of hydrogen-bond donors (Lipinski definition) is 2. The van der Waals surface area contributed by atoms with E-state index in [-0.39, 0.29) is 5.69 Å². The van der Waals surface area contributed by atoms with Gasteiger partial charge in [0.15, 0.2) is 5.69 Å². The number of aromatic nitrogens is 3. The Hall–Kier alpha value is -1.92. The fraction of sp³-hybridized carbons (Fsp3) is 0.500. The summed E-state index contributed by atoms with van der Waals surface area (Å²) in [6.45, 7) is 1.70. The van der Waals surface area contributed by atoms with E-state index in [1.54, 1.807) is 6.92 Å². The highest BCUT2D eigenvalue weighted by Crippen LogP contribution is 2.06. The van der Waals surface area contributed by atoms with E-state index in [1.807, 2.05) is 0 Å². The molecule has 1 amide bonds. The van der Waals surface area contributed by atoms with Crippen LogP contribution < -0.4 is 0 Å². The van der Waals surface area contributed by atoms with Crippen molar-refractivity contribution < 1.29 is 14.7 Å². The lowest BCUT2D eigenvalue weighted by molar-refractivity contribution is -0.142. The van der Waals surface area contributed by atoms with E-state index in [9.17, 15) is 9.59 Å². The van der Waals surface area contributed by atoms with Gasteiger partial charge in [-0.1, -0.05) is 6.92 Å². The van der Waals surface area contributed by atoms with Gasteiger partial charge < -0.3 is 10.0 Å². The molecule has 7 nitrogen and oxygen atoms in total. The first-order chi connectivity index (χ1) is 7.07. The molecule has 1 aromatic rings. The van der Waals surface area contributed by atoms with E-state index >= 15 is 0 Å². The van der Waals surface area contributed by atoms with Gasteiger partial charge in [0, 0.05) is 7.05 Å². The number of carbonyl (C=O) groups is 2. The first kappa shape index (κ1) is 11.2. The predicted molar refractivity (Wildman–Crippen MR) is 50.2 cm³/mol. The number of carbonyl (C=O) groups excluding carboxylic acids is 1. The van der Waals surface area contributed by atoms with Crippen LogP contribution in [0.5, 0.6) is 0 Å². The molecule has 1 rings (SSSR count). The number of amides is 1. The average molecular weight is 212 g/mol. The third-order valence-electron chi connectivity index (χ3n) is 2.09. The fourth-order valence-electron chi connectivity index (χ4n) is 1.24. The Morgan fingerprint density at radius 1 is 1.67 bits per heavy atom. The average Bonchev–Trinajstić information content (AvgIpc) is 2.69. The lowest BCUT2D eigenvalue weighted by Gasteiger charge is -2.22. The number of H-pyrrole nitrogens is 1. The number of nitrogens with one attached hydrogen (secondary N) is 1. The van der Waals surface area contributed by atoms with Crippen molar-refractivity contribution in [3.63, 3.8) is 0 Å². The third kappa shape index (κ3) is 2.30. The smallest absolute Gasteiger partial charge is 0.326 e. The highest BCUT2D eigenvalue weighted by Gasteiger charge is 2.26. The van der Waals surface area contributed by atoms with Gasteiger partial charge in [-0.25, -0.2) is 4.79 Å². The number of aliphatic carboxylic acids is 1. The van der Waals surface area contributed by atoms with Crippen LogP contribution in [0, 0.1) is 0 Å². The summed E-state index contributed by atoms with van der Waals surface area (Å²) in [5.74, 6) is -1.49. The van der Waals surface area contributed by atoms with E-state index < -0.39 is 17.9 Å². The zero-order chi connectivity index (χ0) is 11.4. The Morgan fingerprint density at radius 2 is 2.33 bits per heavy atom. The first-order valence-electron chi connectivity index (χ1n) is 4.43. The van der Waals surface area contributed by atoms with Gasteiger partial charge in [0.2, 0.25) is 0 Å². The van der Waals surface area contributed by atoms with Crippen molar-refractivity contribution >= 4 is 11.9 Å². The Bertz CT molecular complexity index is 349. The molecule has 0 aliphatic rings. The maximum atomic E-state index is 11.7. The Labute approximate surface area is 86.1 Å². The van der Waals surface area contributed by atoms with Crippen LogP contribution in [0.2, 0.25) is 0 Å². The molecule has 0 saturated heterocycles. The van der Waals surface area contributed by atoms with Crippen molar-refractivity contribution in [2.45, 2.75) is 19.4 Å². The summed E-state index contributed by atoms with van der Waals surface area (Å²) in [6.07, 6.45) is 1.60. The van der Waals surface area contributed by atoms with Gasteiger partial charge in [0.05, 0.1) is 6.20 Å². The van der Waals surface area contributed by atoms with Crippen LogP contribution in [0.3, 0.4) is 0 Å². The second kappa shape index (κ2) is 4.54. The van der Waals surface area contributed by atoms with Crippen molar-refractivity contribution in [1.29, 1.82) is 0 Å². The molecular weight excluding hydrogens is 200 g/mol. The summed E-state index contributed by atoms with van der Waals surface area (Å²) in [5, 5.41) is 18.2. The second-order valence-corrected chi connectivity index (χ2v) is 3.03. The first-order valence-corrected chi connectivity index (χ1v) is 4.43. The van der Waals surface area contributed by atoms with Gasteiger partial charge >= 0.3 is 5.97 Å². The molecule has 0 aliphatic carbocycles. The Morgan fingerprint density at radius 3 is 2.73 bits per heavy atom. The minimum Gasteiger partial charge on any atom is -0.480 e. The number of likely N-dealkylation sites (N-methyl/N-ethyl adjacent to an activating group) is 1. The lowest BCUT2D eigenvalue weighted by Crippen LogP contribution is -2.42. The number of hydrogen-bond acceptors (Lipinski definition) is 4. The zero-order valence-corrected chi connectivity index (χ0v) is 8.47. The molecule has 0 saturated carbocycles. The Balaban J connectivity index is 2.80. The topological polar surface area (TPSA) is 99.2 Å². The van der Waals surface area contributed by atoms with Crippen LogP contribution in [0.1, 0.15) is 23.8 Å². The van der Waals surface area contributed by atoms with Gasteiger partial charge in [0.1, 0.15) is 6.04 Å². The van der Waals surface area contributed by atoms with Gasteiger partial charge in [-0.05, 0) is 6.42 Å². The summed E-state index contributed by atoms with van der Waals surface area (Å²) in [4.78, 5) is 23.6. The minimum atomic E-state index is -1.03. The van der Waals surface area contributed by atoms with Gasteiger partial charge in [0.25, 0.3) is 5.91 Å². The molecule has 1 aromatic heterocycles. The molecule has 7 heteroatoms. The maximum Gasteiger partial charge on any atom is 0.326 e. The van der Waals surface area contributed by atoms with Crippen LogP contribution >= 0.6 is 0 Å². The number of aromatic amines is 1. The highest BCUT2D eigenvalue weighted by molar-refractivity contribution is 5.94. The maximum absolute atomic E-state index is 11.7. The summed E-state index contributed by atoms with van der Waals surface area (Å²) in [6, 6.07) is -0.839. The molecule has 0 fully saturated rings. The van der Waals surface area contributed by atoms with E-state index in [1.165, 1.54) is 13.2 Å². The van der Waals surface area contributed by atoms with Gasteiger partial charge in [-0.15, -0.1) is 0 Å². The lowest BCUT2D eigenvalue weighted by atomic mass is 10.2. The second-order valence-electron chi connectivity index (χ2n) is 3.03. The summed E-state index contributed by atoms with van der Waals surface area (Å²) < 4.78 is 0. The van der Waals surface area contributed by atoms with Crippen molar-refractivity contribution in [2.24, 2.45) is 0 Å². The molecule has 15 heavy (non-hydrogen) atoms. The van der Waals surface area contributed by atoms with E-state index in [2.05, 4.69) is 15.4 Å². The van der Waals surface area contributed by atoms with Crippen molar-refractivity contribution in [3.05, 3.63) is 11.9 Å². The monoisotopic (exact) mass is 212 g/mol. The zero-order valence-electron chi connectivity index (χ0n) is 8.47. The summed E-state index contributed by atoms with van der Waals surface area (Å²) >= 11 is 0. The van der Waals surface area contributed by atoms with Crippen molar-refractivity contribution in [1.82, 2.24) is 20.3 Å². The molecule has 0 spiro atoms. The fourth-order valence-corrected chi connectivity index (χ4v) is 1.24. The summed E-state index contributed by atoms with van der Waals surface area (Å²) in [7, 11) is 1.43. The molecule has 0 aromatic carbocycles. The van der Waals surface area contributed by atoms with Crippen LogP contribution in [-0.4, -0.2) is 50.4 Å². The van der Waals surface area contributed by atoms with Crippen LogP contribution in [-0.2, 0) is 4.79 Å². The standard InChI is InChI=1S/C8H12N4O3/c1-3-6(8(14)15)12(2)7(13)5-4-9-11-10-5/h4,6H,3H2,1-2H3,(H,14,15)(H,9,10,11). The van der Waals surface area contributed by atoms with Crippen molar-refractivity contribution in [3.8, 4) is 0 Å². The summed E-state index contributed by atoms with van der Waals surface area (Å²) in [5.41, 5.74) is 0.109. The minimum absolute atomic E-state index is 0.109. The highest BCUT2D eigenvalue weighted by atomic mass is 16.4. The Kier molecular flexibility index (Phi) is 3.37. The van der Waals surface area contributed by atoms with E-state index in [0.717, 1.165) is 4.90 Å². The molecular formula is C8H12N4O3. The van der Waals surface area contributed by atoms with Crippen LogP contribution in [0.4, 0.5) is 0 Å². The third-order valence-corrected chi connectivity index (χ3v) is 2.09. The molecule has 82 valence electrons. The SMILES string of the molecule is CCC(C(=O)O)N(C)C(=O)c1cn[nH]n1. The molecule has 0 radical (unpaired) electrons. The molecule has 0 aliphatic heterocycles. The van der Waals surface area contributed by atoms with Gasteiger partial charge in [-0.3, -0.25) is 4.79 Å². The molecule has 1 heterocycles. The van der Waals surface area contributed by atoms with E-state index in [0.29, 0.717) is 6.42 Å². The van der Waals surface area contributed by atoms with Crippen LogP contribution in [0.15, 0.2) is 6.20 Å². The normalized spacial score (nSPS) is 12.1. The van der Waals surface area contributed by atoms with Gasteiger partial charge in [-0.2, -0.15) is 15.4 Å². The quantitative estimate of drug-likeness (QED) is 0.716. The molecule has 2 N–H and O–H groups in total. The van der Waals surface area contributed by atoms with Crippen molar-refractivity contribution in [2.75, 3.05) is 7.05 Å². The predicted octanol–water partition coefficient (Wildman–Crippen LogP) is -0.260. The molecule has 1 unspecified atom stereocenters.